The van der Waals surface area contributed by atoms with Crippen LogP contribution in [0.1, 0.15) is 25.7 Å². The number of rotatable bonds is 7. The number of nitrogens with one attached hydrogen (secondary N) is 1. The number of carboxylic acid groups (broad SMARTS) is 3. The van der Waals surface area contributed by atoms with E-state index in [0.717, 1.165) is 0 Å². The summed E-state index contributed by atoms with van der Waals surface area (Å²) in [4.78, 5) is 29.3. The summed E-state index contributed by atoms with van der Waals surface area (Å²) in [5.74, 6) is -3.20. The molecular weight excluding hydrogens is 303 g/mol. The van der Waals surface area contributed by atoms with Crippen LogP contribution in [0.4, 0.5) is 0 Å². The monoisotopic (exact) mass is 320 g/mol. The molecule has 6 N–H and O–H groups in total. The minimum Gasteiger partial charge on any atom is -0.665 e. The molecule has 0 heterocycles. The molecule has 0 aliphatic heterocycles. The molecule has 0 aromatic heterocycles. The summed E-state index contributed by atoms with van der Waals surface area (Å²) in [6.45, 7) is 2.56. The van der Waals surface area contributed by atoms with Gasteiger partial charge in [0.05, 0.1) is 6.42 Å². The van der Waals surface area contributed by atoms with Crippen LogP contribution in [-0.2, 0) is 30.9 Å². The van der Waals surface area contributed by atoms with Crippen molar-refractivity contribution in [2.24, 2.45) is 5.73 Å². The predicted molar refractivity (Wildman–Crippen MR) is 62.8 cm³/mol. The van der Waals surface area contributed by atoms with E-state index in [-0.39, 0.29) is 29.3 Å². The molecule has 9 heteroatoms. The molecule has 8 nitrogen and oxygen atoms in total. The zero-order valence-electron chi connectivity index (χ0n) is 10.2. The Morgan fingerprint density at radius 3 is 1.89 bits per heavy atom. The van der Waals surface area contributed by atoms with Gasteiger partial charge in [-0.1, -0.05) is 12.8 Å². The molecule has 0 radical (unpaired) electrons. The number of aliphatic carboxylic acids is 3. The van der Waals surface area contributed by atoms with Crippen molar-refractivity contribution in [3.8, 4) is 0 Å². The standard InChI is InChI=1S/C8H15N2O4.C2H3O2.Ni/c9-5(4-7(11)12)2-1-3-6(10)8(13)14;1-2(3)4;/h5-6,10H,1-4,9H2,(H,11,12)(H,13,14);1H2,(H,3,4);/q2*-1;+2. The van der Waals surface area contributed by atoms with Crippen LogP contribution in [0.2, 0.25) is 0 Å². The molecule has 0 spiro atoms. The fourth-order valence-corrected chi connectivity index (χ4v) is 1.03. The van der Waals surface area contributed by atoms with Crippen molar-refractivity contribution in [3.63, 3.8) is 0 Å². The van der Waals surface area contributed by atoms with E-state index in [1.54, 1.807) is 0 Å². The predicted octanol–water partition coefficient (Wildman–Crippen LogP) is 0.367. The van der Waals surface area contributed by atoms with Gasteiger partial charge in [-0.15, -0.1) is 0 Å². The third kappa shape index (κ3) is 22.4. The first-order valence-corrected chi connectivity index (χ1v) is 5.13. The summed E-state index contributed by atoms with van der Waals surface area (Å²) >= 11 is 0. The number of carboxylic acids is 3. The van der Waals surface area contributed by atoms with E-state index in [1.807, 2.05) is 0 Å². The molecule has 0 aliphatic carbocycles. The van der Waals surface area contributed by atoms with Gasteiger partial charge in [0.2, 0.25) is 0 Å². The van der Waals surface area contributed by atoms with E-state index in [1.165, 1.54) is 0 Å². The average molecular weight is 321 g/mol. The van der Waals surface area contributed by atoms with E-state index in [9.17, 15) is 9.59 Å². The van der Waals surface area contributed by atoms with Crippen LogP contribution in [0.15, 0.2) is 0 Å². The summed E-state index contributed by atoms with van der Waals surface area (Å²) in [5, 5.41) is 24.1. The molecule has 0 amide bonds. The van der Waals surface area contributed by atoms with E-state index < -0.39 is 30.0 Å². The normalized spacial score (nSPS) is 12.1. The van der Waals surface area contributed by atoms with Gasteiger partial charge >= 0.3 is 22.5 Å². The van der Waals surface area contributed by atoms with Crippen LogP contribution in [0.5, 0.6) is 0 Å². The van der Waals surface area contributed by atoms with Crippen molar-refractivity contribution in [2.75, 3.05) is 0 Å². The molecule has 0 aliphatic rings. The molecule has 0 bridgehead atoms. The van der Waals surface area contributed by atoms with Crippen LogP contribution in [-0.4, -0.2) is 45.3 Å². The largest absolute Gasteiger partial charge is 2.00 e. The van der Waals surface area contributed by atoms with Gasteiger partial charge in [0.15, 0.2) is 5.97 Å². The van der Waals surface area contributed by atoms with E-state index >= 15 is 0 Å². The first-order chi connectivity index (χ1) is 8.16. The maximum Gasteiger partial charge on any atom is 2.00 e. The number of hydrogen-bond acceptors (Lipinski definition) is 4. The summed E-state index contributed by atoms with van der Waals surface area (Å²) in [6, 6.07) is -1.58. The van der Waals surface area contributed by atoms with Gasteiger partial charge in [0.25, 0.3) is 5.97 Å². The third-order valence-corrected chi connectivity index (χ3v) is 1.80. The maximum absolute atomic E-state index is 10.2. The number of carbonyl (C=O) groups is 3. The van der Waals surface area contributed by atoms with Crippen LogP contribution < -0.4 is 5.73 Å². The average Bonchev–Trinajstić information content (AvgIpc) is 2.14. The van der Waals surface area contributed by atoms with Gasteiger partial charge < -0.3 is 26.8 Å². The number of nitrogens with two attached hydrogens (primary N) is 1. The molecular formula is C10H18N2NiO6. The Morgan fingerprint density at radius 1 is 1.16 bits per heavy atom. The Bertz CT molecular complexity index is 283. The molecule has 0 aromatic rings. The quantitative estimate of drug-likeness (QED) is 0.389. The second-order valence-electron chi connectivity index (χ2n) is 3.57. The van der Waals surface area contributed by atoms with E-state index in [4.69, 9.17) is 31.6 Å². The van der Waals surface area contributed by atoms with E-state index in [2.05, 4.69) is 6.92 Å². The van der Waals surface area contributed by atoms with Gasteiger partial charge in [-0.3, -0.25) is 21.3 Å². The maximum atomic E-state index is 10.2. The zero-order chi connectivity index (χ0) is 14.7. The van der Waals surface area contributed by atoms with Crippen molar-refractivity contribution in [1.82, 2.24) is 0 Å². The molecule has 0 rings (SSSR count). The minimum absolute atomic E-state index is 0. The van der Waals surface area contributed by atoms with Crippen molar-refractivity contribution in [2.45, 2.75) is 37.8 Å². The summed E-state index contributed by atoms with van der Waals surface area (Å²) in [7, 11) is 0. The summed E-state index contributed by atoms with van der Waals surface area (Å²) in [5.41, 5.74) is 12.5. The molecule has 19 heavy (non-hydrogen) atoms. The summed E-state index contributed by atoms with van der Waals surface area (Å²) in [6.07, 6.45) is 1.00. The number of hydrogen-bond donors (Lipinski definition) is 4. The van der Waals surface area contributed by atoms with Crippen molar-refractivity contribution < 1.29 is 46.2 Å². The topological polar surface area (TPSA) is 162 Å². The fourth-order valence-electron chi connectivity index (χ4n) is 1.03. The molecule has 2 atom stereocenters. The van der Waals surface area contributed by atoms with Crippen molar-refractivity contribution in [1.29, 1.82) is 0 Å². The van der Waals surface area contributed by atoms with Gasteiger partial charge in [0.1, 0.15) is 0 Å². The Morgan fingerprint density at radius 2 is 1.58 bits per heavy atom. The fraction of sp³-hybridized carbons (Fsp3) is 0.600. The Hall–Kier alpha value is -1.31. The van der Waals surface area contributed by atoms with Gasteiger partial charge in [-0.2, -0.15) is 0 Å². The van der Waals surface area contributed by atoms with Crippen LogP contribution in [0, 0.1) is 6.92 Å². The molecule has 0 saturated heterocycles. The SMILES string of the molecule is [CH2-]C(=O)O.[NH-]C(CCCC(N)CC(=O)O)C(=O)O.[Ni+2]. The van der Waals surface area contributed by atoms with Crippen molar-refractivity contribution >= 4 is 17.9 Å². The van der Waals surface area contributed by atoms with Crippen molar-refractivity contribution in [3.05, 3.63) is 12.7 Å². The van der Waals surface area contributed by atoms with Crippen LogP contribution in [0.25, 0.3) is 5.73 Å². The molecule has 2 unspecified atom stereocenters. The Balaban J connectivity index is -0.000000448. The molecule has 0 saturated carbocycles. The second-order valence-corrected chi connectivity index (χ2v) is 3.57. The first kappa shape index (κ1) is 22.8. The van der Waals surface area contributed by atoms with Gasteiger partial charge in [-0.25, -0.2) is 0 Å². The smallest absolute Gasteiger partial charge is 0.665 e. The van der Waals surface area contributed by atoms with Crippen LogP contribution >= 0.6 is 0 Å². The molecule has 0 aromatic carbocycles. The molecule has 114 valence electrons. The molecule has 0 fully saturated rings. The second kappa shape index (κ2) is 13.1. The van der Waals surface area contributed by atoms with Crippen LogP contribution in [0.3, 0.4) is 0 Å². The minimum atomic E-state index is -1.16. The zero-order valence-corrected chi connectivity index (χ0v) is 11.1. The van der Waals surface area contributed by atoms with Gasteiger partial charge in [0, 0.05) is 6.04 Å². The Labute approximate surface area is 121 Å². The van der Waals surface area contributed by atoms with Gasteiger partial charge in [-0.05, 0) is 12.5 Å². The first-order valence-electron chi connectivity index (χ1n) is 5.13. The third-order valence-electron chi connectivity index (χ3n) is 1.80. The Kier molecular flexibility index (Phi) is 15.8. The summed E-state index contributed by atoms with van der Waals surface area (Å²) < 4.78 is 0. The van der Waals surface area contributed by atoms with E-state index in [0.29, 0.717) is 12.8 Å².